The molecule has 2 N–H and O–H groups in total. The van der Waals surface area contributed by atoms with Gasteiger partial charge in [0.1, 0.15) is 11.4 Å². The van der Waals surface area contributed by atoms with Crippen LogP contribution in [-0.4, -0.2) is 31.4 Å². The zero-order valence-electron chi connectivity index (χ0n) is 13.9. The van der Waals surface area contributed by atoms with Gasteiger partial charge in [-0.2, -0.15) is 0 Å². The second kappa shape index (κ2) is 8.15. The highest BCUT2D eigenvalue weighted by atomic mass is 32.1. The predicted octanol–water partition coefficient (Wildman–Crippen LogP) is 3.43. The highest BCUT2D eigenvalue weighted by Gasteiger charge is 2.16. The van der Waals surface area contributed by atoms with E-state index in [-0.39, 0.29) is 16.5 Å². The Kier molecular flexibility index (Phi) is 5.96. The SMILES string of the molecule is COc1ccc(NC(=S)Nc2ccc(OC)c(OC)c2)c([N+](=O)[O-])c1. The molecule has 0 saturated heterocycles. The lowest BCUT2D eigenvalue weighted by atomic mass is 10.2. The molecule has 2 rings (SSSR count). The molecule has 2 aromatic rings. The Morgan fingerprint density at radius 2 is 1.72 bits per heavy atom. The van der Waals surface area contributed by atoms with Crippen molar-refractivity contribution in [1.29, 1.82) is 0 Å². The van der Waals surface area contributed by atoms with E-state index in [9.17, 15) is 10.1 Å². The summed E-state index contributed by atoms with van der Waals surface area (Å²) in [5.41, 5.74) is 0.755. The first kappa shape index (κ1) is 18.3. The summed E-state index contributed by atoms with van der Waals surface area (Å²) in [6, 6.07) is 9.63. The van der Waals surface area contributed by atoms with Crippen LogP contribution < -0.4 is 24.8 Å². The van der Waals surface area contributed by atoms with Gasteiger partial charge in [0.15, 0.2) is 16.6 Å². The fourth-order valence-electron chi connectivity index (χ4n) is 2.09. The Balaban J connectivity index is 2.16. The van der Waals surface area contributed by atoms with E-state index < -0.39 is 4.92 Å². The Morgan fingerprint density at radius 3 is 2.32 bits per heavy atom. The fraction of sp³-hybridized carbons (Fsp3) is 0.188. The number of rotatable bonds is 6. The Hall–Kier alpha value is -3.07. The molecule has 0 aromatic heterocycles. The second-order valence-corrected chi connectivity index (χ2v) is 5.20. The molecule has 0 spiro atoms. The van der Waals surface area contributed by atoms with Crippen molar-refractivity contribution in [2.24, 2.45) is 0 Å². The van der Waals surface area contributed by atoms with Crippen LogP contribution in [0.15, 0.2) is 36.4 Å². The Labute approximate surface area is 149 Å². The number of hydrogen-bond acceptors (Lipinski definition) is 6. The number of hydrogen-bond donors (Lipinski definition) is 2. The number of thiocarbonyl (C=S) groups is 1. The lowest BCUT2D eigenvalue weighted by Crippen LogP contribution is -2.19. The van der Waals surface area contributed by atoms with E-state index in [1.807, 2.05) is 0 Å². The summed E-state index contributed by atoms with van der Waals surface area (Å²) in [7, 11) is 4.51. The van der Waals surface area contributed by atoms with Gasteiger partial charge in [0.25, 0.3) is 5.69 Å². The van der Waals surface area contributed by atoms with Crippen molar-refractivity contribution in [1.82, 2.24) is 0 Å². The molecule has 0 heterocycles. The summed E-state index contributed by atoms with van der Waals surface area (Å²) in [5, 5.41) is 17.1. The van der Waals surface area contributed by atoms with Crippen molar-refractivity contribution >= 4 is 34.4 Å². The van der Waals surface area contributed by atoms with Crippen LogP contribution in [0.25, 0.3) is 0 Å². The number of nitro benzene ring substituents is 1. The van der Waals surface area contributed by atoms with Crippen LogP contribution in [-0.2, 0) is 0 Å². The molecule has 0 amide bonds. The monoisotopic (exact) mass is 363 g/mol. The molecule has 0 bridgehead atoms. The molecule has 0 aliphatic rings. The van der Waals surface area contributed by atoms with Crippen molar-refractivity contribution in [3.05, 3.63) is 46.5 Å². The third-order valence-corrected chi connectivity index (χ3v) is 3.50. The van der Waals surface area contributed by atoms with E-state index in [4.69, 9.17) is 26.4 Å². The molecular formula is C16H17N3O5S. The van der Waals surface area contributed by atoms with E-state index in [1.54, 1.807) is 31.4 Å². The zero-order chi connectivity index (χ0) is 18.4. The first-order chi connectivity index (χ1) is 12.0. The fourth-order valence-corrected chi connectivity index (χ4v) is 2.32. The van der Waals surface area contributed by atoms with Crippen molar-refractivity contribution in [2.45, 2.75) is 0 Å². The number of nitro groups is 1. The minimum absolute atomic E-state index is 0.143. The summed E-state index contributed by atoms with van der Waals surface area (Å²) >= 11 is 5.22. The molecule has 9 heteroatoms. The van der Waals surface area contributed by atoms with E-state index in [0.717, 1.165) is 0 Å². The number of benzene rings is 2. The van der Waals surface area contributed by atoms with E-state index >= 15 is 0 Å². The van der Waals surface area contributed by atoms with E-state index in [2.05, 4.69) is 10.6 Å². The molecule has 0 saturated carbocycles. The van der Waals surface area contributed by atoms with Crippen molar-refractivity contribution in [3.63, 3.8) is 0 Å². The van der Waals surface area contributed by atoms with Crippen molar-refractivity contribution in [2.75, 3.05) is 32.0 Å². The molecular weight excluding hydrogens is 346 g/mol. The molecule has 0 aliphatic heterocycles. The minimum Gasteiger partial charge on any atom is -0.496 e. The quantitative estimate of drug-likeness (QED) is 0.458. The van der Waals surface area contributed by atoms with E-state index in [0.29, 0.717) is 22.9 Å². The molecule has 0 unspecified atom stereocenters. The molecule has 0 atom stereocenters. The summed E-state index contributed by atoms with van der Waals surface area (Å²) in [6.07, 6.45) is 0. The smallest absolute Gasteiger partial charge is 0.296 e. The first-order valence-corrected chi connectivity index (χ1v) is 7.51. The molecule has 132 valence electrons. The maximum atomic E-state index is 11.2. The van der Waals surface area contributed by atoms with Gasteiger partial charge in [-0.3, -0.25) is 10.1 Å². The minimum atomic E-state index is -0.510. The third kappa shape index (κ3) is 4.48. The molecule has 2 aromatic carbocycles. The number of nitrogens with one attached hydrogen (secondary N) is 2. The van der Waals surface area contributed by atoms with Gasteiger partial charge in [0.2, 0.25) is 0 Å². The van der Waals surface area contributed by atoms with Gasteiger partial charge in [0, 0.05) is 11.8 Å². The van der Waals surface area contributed by atoms with Gasteiger partial charge in [-0.15, -0.1) is 0 Å². The van der Waals surface area contributed by atoms with Gasteiger partial charge in [0.05, 0.1) is 32.3 Å². The maximum Gasteiger partial charge on any atom is 0.296 e. The van der Waals surface area contributed by atoms with Crippen LogP contribution in [0.1, 0.15) is 0 Å². The lowest BCUT2D eigenvalue weighted by molar-refractivity contribution is -0.384. The van der Waals surface area contributed by atoms with Crippen LogP contribution in [0.2, 0.25) is 0 Å². The summed E-state index contributed by atoms with van der Waals surface area (Å²) in [6.45, 7) is 0. The topological polar surface area (TPSA) is 94.9 Å². The largest absolute Gasteiger partial charge is 0.496 e. The zero-order valence-corrected chi connectivity index (χ0v) is 14.7. The van der Waals surface area contributed by atoms with Gasteiger partial charge < -0.3 is 24.8 Å². The van der Waals surface area contributed by atoms with Gasteiger partial charge in [-0.25, -0.2) is 0 Å². The Morgan fingerprint density at radius 1 is 1.00 bits per heavy atom. The van der Waals surface area contributed by atoms with Crippen molar-refractivity contribution < 1.29 is 19.1 Å². The summed E-state index contributed by atoms with van der Waals surface area (Å²) in [5.74, 6) is 1.50. The molecule has 8 nitrogen and oxygen atoms in total. The van der Waals surface area contributed by atoms with Crippen LogP contribution in [0.4, 0.5) is 17.1 Å². The lowest BCUT2D eigenvalue weighted by Gasteiger charge is -2.13. The molecule has 25 heavy (non-hydrogen) atoms. The third-order valence-electron chi connectivity index (χ3n) is 3.29. The van der Waals surface area contributed by atoms with E-state index in [1.165, 1.54) is 26.4 Å². The van der Waals surface area contributed by atoms with Crippen LogP contribution in [0, 0.1) is 10.1 Å². The number of methoxy groups -OCH3 is 3. The predicted molar refractivity (Wildman–Crippen MR) is 99.0 cm³/mol. The first-order valence-electron chi connectivity index (χ1n) is 7.11. The highest BCUT2D eigenvalue weighted by Crippen LogP contribution is 2.31. The van der Waals surface area contributed by atoms with Crippen LogP contribution in [0.3, 0.4) is 0 Å². The summed E-state index contributed by atoms with van der Waals surface area (Å²) < 4.78 is 15.4. The van der Waals surface area contributed by atoms with Crippen LogP contribution >= 0.6 is 12.2 Å². The van der Waals surface area contributed by atoms with Crippen LogP contribution in [0.5, 0.6) is 17.2 Å². The molecule has 0 aliphatic carbocycles. The standard InChI is InChI=1S/C16H17N3O5S/c1-22-11-5-6-12(13(9-11)19(20)21)18-16(25)17-10-4-7-14(23-2)15(8-10)24-3/h4-9H,1-3H3,(H2,17,18,25). The van der Waals surface area contributed by atoms with Gasteiger partial charge >= 0.3 is 0 Å². The van der Waals surface area contributed by atoms with Crippen molar-refractivity contribution in [3.8, 4) is 17.2 Å². The van der Waals surface area contributed by atoms with Gasteiger partial charge in [-0.1, -0.05) is 0 Å². The maximum absolute atomic E-state index is 11.2. The average Bonchev–Trinajstić information content (AvgIpc) is 2.61. The second-order valence-electron chi connectivity index (χ2n) is 4.79. The Bertz CT molecular complexity index is 797. The molecule has 0 fully saturated rings. The van der Waals surface area contributed by atoms with Gasteiger partial charge in [-0.05, 0) is 36.5 Å². The number of anilines is 2. The molecule has 0 radical (unpaired) electrons. The highest BCUT2D eigenvalue weighted by molar-refractivity contribution is 7.80. The summed E-state index contributed by atoms with van der Waals surface area (Å²) in [4.78, 5) is 10.7. The average molecular weight is 363 g/mol. The number of nitrogens with zero attached hydrogens (tertiary/aromatic N) is 1. The normalized spacial score (nSPS) is 9.88. The number of ether oxygens (including phenoxy) is 3.